The monoisotopic (exact) mass is 259 g/mol. The van der Waals surface area contributed by atoms with E-state index in [2.05, 4.69) is 5.32 Å². The van der Waals surface area contributed by atoms with E-state index in [0.717, 1.165) is 5.56 Å². The van der Waals surface area contributed by atoms with Gasteiger partial charge in [0.1, 0.15) is 0 Å². The van der Waals surface area contributed by atoms with Gasteiger partial charge in [0.2, 0.25) is 5.91 Å². The molecule has 19 heavy (non-hydrogen) atoms. The summed E-state index contributed by atoms with van der Waals surface area (Å²) in [5, 5.41) is 12.8. The third kappa shape index (κ3) is 6.02. The Bertz CT molecular complexity index is 437. The number of hydrogen-bond acceptors (Lipinski definition) is 2. The van der Waals surface area contributed by atoms with E-state index in [9.17, 15) is 9.90 Å². The van der Waals surface area contributed by atoms with Crippen molar-refractivity contribution in [2.45, 2.75) is 32.4 Å². The van der Waals surface area contributed by atoms with Crippen LogP contribution < -0.4 is 5.32 Å². The van der Waals surface area contributed by atoms with Gasteiger partial charge in [-0.1, -0.05) is 48.6 Å². The van der Waals surface area contributed by atoms with E-state index in [1.165, 1.54) is 6.08 Å². The summed E-state index contributed by atoms with van der Waals surface area (Å²) in [4.78, 5) is 11.5. The van der Waals surface area contributed by atoms with Crippen molar-refractivity contribution in [3.63, 3.8) is 0 Å². The Balaban J connectivity index is 2.44. The molecule has 3 heteroatoms. The molecule has 1 rings (SSSR count). The summed E-state index contributed by atoms with van der Waals surface area (Å²) in [6, 6.07) is 9.44. The number of amides is 1. The lowest BCUT2D eigenvalue weighted by Gasteiger charge is -2.19. The molecule has 0 aromatic heterocycles. The number of allylic oxidation sites excluding steroid dienone is 3. The van der Waals surface area contributed by atoms with Gasteiger partial charge in [0.05, 0.1) is 12.1 Å². The molecule has 0 aliphatic rings. The predicted octanol–water partition coefficient (Wildman–Crippen LogP) is 2.23. The van der Waals surface area contributed by atoms with Gasteiger partial charge in [0, 0.05) is 12.5 Å². The molecule has 0 heterocycles. The molecule has 0 aliphatic heterocycles. The first kappa shape index (κ1) is 15.2. The van der Waals surface area contributed by atoms with Crippen LogP contribution in [0.25, 0.3) is 0 Å². The molecule has 102 valence electrons. The molecule has 1 aromatic carbocycles. The zero-order chi connectivity index (χ0) is 14.1. The second-order valence-electron chi connectivity index (χ2n) is 4.44. The number of hydrogen-bond donors (Lipinski definition) is 2. The Morgan fingerprint density at radius 1 is 1.32 bits per heavy atom. The van der Waals surface area contributed by atoms with E-state index in [0.29, 0.717) is 6.42 Å². The SMILES string of the molecule is CC=CC=CC(=O)NC(C)C(O)Cc1ccccc1. The maximum Gasteiger partial charge on any atom is 0.244 e. The van der Waals surface area contributed by atoms with Crippen molar-refractivity contribution in [2.75, 3.05) is 0 Å². The van der Waals surface area contributed by atoms with E-state index in [1.54, 1.807) is 19.1 Å². The first-order valence-electron chi connectivity index (χ1n) is 6.45. The fourth-order valence-corrected chi connectivity index (χ4v) is 1.66. The fraction of sp³-hybridized carbons (Fsp3) is 0.312. The number of nitrogens with one attached hydrogen (secondary N) is 1. The van der Waals surface area contributed by atoms with Crippen molar-refractivity contribution in [1.29, 1.82) is 0 Å². The number of aliphatic hydroxyl groups excluding tert-OH is 1. The minimum atomic E-state index is -0.596. The van der Waals surface area contributed by atoms with Gasteiger partial charge < -0.3 is 10.4 Å². The lowest BCUT2D eigenvalue weighted by Crippen LogP contribution is -2.41. The molecule has 0 radical (unpaired) electrons. The highest BCUT2D eigenvalue weighted by molar-refractivity contribution is 5.87. The van der Waals surface area contributed by atoms with Gasteiger partial charge in [-0.05, 0) is 19.4 Å². The number of aliphatic hydroxyl groups is 1. The van der Waals surface area contributed by atoms with Crippen molar-refractivity contribution in [3.8, 4) is 0 Å². The van der Waals surface area contributed by atoms with Crippen LogP contribution in [0.15, 0.2) is 54.6 Å². The molecule has 0 saturated carbocycles. The second-order valence-corrected chi connectivity index (χ2v) is 4.44. The lowest BCUT2D eigenvalue weighted by molar-refractivity contribution is -0.117. The molecule has 1 aromatic rings. The van der Waals surface area contributed by atoms with Crippen LogP contribution in [0.1, 0.15) is 19.4 Å². The molecule has 2 N–H and O–H groups in total. The Kier molecular flexibility index (Phi) is 6.61. The van der Waals surface area contributed by atoms with Gasteiger partial charge in [0.15, 0.2) is 0 Å². The van der Waals surface area contributed by atoms with Crippen LogP contribution >= 0.6 is 0 Å². The molecule has 0 aliphatic carbocycles. The van der Waals surface area contributed by atoms with E-state index in [-0.39, 0.29) is 11.9 Å². The molecule has 0 saturated heterocycles. The van der Waals surface area contributed by atoms with Crippen molar-refractivity contribution >= 4 is 5.91 Å². The highest BCUT2D eigenvalue weighted by Gasteiger charge is 2.15. The quantitative estimate of drug-likeness (QED) is 0.608. The van der Waals surface area contributed by atoms with Gasteiger partial charge in [-0.3, -0.25) is 4.79 Å². The van der Waals surface area contributed by atoms with Gasteiger partial charge in [-0.15, -0.1) is 0 Å². The lowest BCUT2D eigenvalue weighted by atomic mass is 10.0. The molecule has 0 bridgehead atoms. The van der Waals surface area contributed by atoms with Crippen molar-refractivity contribution < 1.29 is 9.90 Å². The highest BCUT2D eigenvalue weighted by Crippen LogP contribution is 2.05. The third-order valence-corrected chi connectivity index (χ3v) is 2.79. The van der Waals surface area contributed by atoms with Crippen LogP contribution in [-0.2, 0) is 11.2 Å². The number of carbonyl (C=O) groups excluding carboxylic acids is 1. The van der Waals surface area contributed by atoms with Crippen molar-refractivity contribution in [3.05, 3.63) is 60.2 Å². The van der Waals surface area contributed by atoms with Crippen LogP contribution in [0, 0.1) is 0 Å². The Morgan fingerprint density at radius 2 is 2.00 bits per heavy atom. The standard InChI is InChI=1S/C16H21NO2/c1-3-4-6-11-16(19)17-13(2)15(18)12-14-9-7-5-8-10-14/h3-11,13,15,18H,12H2,1-2H3,(H,17,19). The summed E-state index contributed by atoms with van der Waals surface area (Å²) >= 11 is 0. The number of benzene rings is 1. The number of rotatable bonds is 6. The summed E-state index contributed by atoms with van der Waals surface area (Å²) in [7, 11) is 0. The minimum Gasteiger partial charge on any atom is -0.391 e. The predicted molar refractivity (Wildman–Crippen MR) is 77.7 cm³/mol. The third-order valence-electron chi connectivity index (χ3n) is 2.79. The fourth-order valence-electron chi connectivity index (χ4n) is 1.66. The van der Waals surface area contributed by atoms with Crippen LogP contribution in [0.3, 0.4) is 0 Å². The maximum absolute atomic E-state index is 11.5. The van der Waals surface area contributed by atoms with E-state index < -0.39 is 6.10 Å². The summed E-state index contributed by atoms with van der Waals surface area (Å²) in [6.07, 6.45) is 6.68. The minimum absolute atomic E-state index is 0.197. The zero-order valence-electron chi connectivity index (χ0n) is 11.4. The molecule has 3 nitrogen and oxygen atoms in total. The first-order chi connectivity index (χ1) is 9.13. The maximum atomic E-state index is 11.5. The van der Waals surface area contributed by atoms with Crippen LogP contribution in [-0.4, -0.2) is 23.2 Å². The molecule has 2 atom stereocenters. The van der Waals surface area contributed by atoms with Crippen LogP contribution in [0.2, 0.25) is 0 Å². The van der Waals surface area contributed by atoms with Crippen molar-refractivity contribution in [1.82, 2.24) is 5.32 Å². The van der Waals surface area contributed by atoms with Crippen molar-refractivity contribution in [2.24, 2.45) is 0 Å². The Labute approximate surface area is 114 Å². The van der Waals surface area contributed by atoms with Crippen LogP contribution in [0.5, 0.6) is 0 Å². The smallest absolute Gasteiger partial charge is 0.244 e. The summed E-state index contributed by atoms with van der Waals surface area (Å²) in [5.74, 6) is -0.197. The average molecular weight is 259 g/mol. The molecule has 0 fully saturated rings. The first-order valence-corrected chi connectivity index (χ1v) is 6.45. The Morgan fingerprint density at radius 3 is 2.63 bits per heavy atom. The van der Waals surface area contributed by atoms with Gasteiger partial charge >= 0.3 is 0 Å². The number of carbonyl (C=O) groups is 1. The summed E-state index contributed by atoms with van der Waals surface area (Å²) < 4.78 is 0. The molecular formula is C16H21NO2. The molecule has 0 spiro atoms. The van der Waals surface area contributed by atoms with E-state index in [4.69, 9.17) is 0 Å². The normalized spacial score (nSPS) is 14.7. The molecule has 1 amide bonds. The van der Waals surface area contributed by atoms with Crippen LogP contribution in [0.4, 0.5) is 0 Å². The Hall–Kier alpha value is -1.87. The topological polar surface area (TPSA) is 49.3 Å². The second kappa shape index (κ2) is 8.27. The highest BCUT2D eigenvalue weighted by atomic mass is 16.3. The molecule has 2 unspecified atom stereocenters. The van der Waals surface area contributed by atoms with Gasteiger partial charge in [-0.2, -0.15) is 0 Å². The average Bonchev–Trinajstić information content (AvgIpc) is 2.40. The summed E-state index contributed by atoms with van der Waals surface area (Å²) in [5.41, 5.74) is 1.06. The largest absolute Gasteiger partial charge is 0.391 e. The van der Waals surface area contributed by atoms with Gasteiger partial charge in [-0.25, -0.2) is 0 Å². The molecular weight excluding hydrogens is 238 g/mol. The zero-order valence-corrected chi connectivity index (χ0v) is 11.4. The van der Waals surface area contributed by atoms with Gasteiger partial charge in [0.25, 0.3) is 0 Å². The van der Waals surface area contributed by atoms with E-state index >= 15 is 0 Å². The van der Waals surface area contributed by atoms with E-state index in [1.807, 2.05) is 43.3 Å². The summed E-state index contributed by atoms with van der Waals surface area (Å²) in [6.45, 7) is 3.68.